The molecule has 0 radical (unpaired) electrons. The molecule has 3 heteroatoms. The van der Waals surface area contributed by atoms with Crippen molar-refractivity contribution in [3.63, 3.8) is 0 Å². The van der Waals surface area contributed by atoms with Crippen LogP contribution in [0.25, 0.3) is 0 Å². The zero-order valence-electron chi connectivity index (χ0n) is 12.7. The molecule has 0 aliphatic heterocycles. The Morgan fingerprint density at radius 2 is 1.83 bits per heavy atom. The smallest absolute Gasteiger partial charge is 0.220 e. The summed E-state index contributed by atoms with van der Waals surface area (Å²) in [7, 11) is 0. The van der Waals surface area contributed by atoms with Crippen molar-refractivity contribution < 1.29 is 4.79 Å². The molecule has 3 N–H and O–H groups in total. The summed E-state index contributed by atoms with van der Waals surface area (Å²) in [4.78, 5) is 11.7. The first-order chi connectivity index (χ1) is 8.51. The Hall–Kier alpha value is -0.570. The summed E-state index contributed by atoms with van der Waals surface area (Å²) < 4.78 is 0. The number of carbonyl (C=O) groups is 1. The Kier molecular flexibility index (Phi) is 10.0. The average Bonchev–Trinajstić information content (AvgIpc) is 2.33. The molecular weight excluding hydrogens is 224 g/mol. The van der Waals surface area contributed by atoms with Gasteiger partial charge in [-0.2, -0.15) is 0 Å². The van der Waals surface area contributed by atoms with Gasteiger partial charge < -0.3 is 11.1 Å². The third-order valence-corrected chi connectivity index (χ3v) is 3.81. The normalized spacial score (nSPS) is 14.6. The van der Waals surface area contributed by atoms with Gasteiger partial charge in [-0.05, 0) is 37.1 Å². The first-order valence-corrected chi connectivity index (χ1v) is 7.47. The minimum absolute atomic E-state index is 0.195. The fraction of sp³-hybridized carbons (Fsp3) is 0.933. The highest BCUT2D eigenvalue weighted by molar-refractivity contribution is 5.75. The molecular formula is C15H32N2O. The topological polar surface area (TPSA) is 55.1 Å². The van der Waals surface area contributed by atoms with Gasteiger partial charge in [-0.25, -0.2) is 0 Å². The van der Waals surface area contributed by atoms with Gasteiger partial charge in [-0.1, -0.05) is 40.5 Å². The van der Waals surface area contributed by atoms with Crippen LogP contribution in [0.5, 0.6) is 0 Å². The van der Waals surface area contributed by atoms with Crippen LogP contribution in [-0.4, -0.2) is 19.0 Å². The molecule has 0 aromatic heterocycles. The fourth-order valence-electron chi connectivity index (χ4n) is 2.01. The Morgan fingerprint density at radius 1 is 1.17 bits per heavy atom. The molecule has 0 aromatic carbocycles. The number of hydrogen-bond donors (Lipinski definition) is 2. The van der Waals surface area contributed by atoms with E-state index in [-0.39, 0.29) is 5.91 Å². The molecule has 0 spiro atoms. The lowest BCUT2D eigenvalue weighted by Crippen LogP contribution is -2.30. The van der Waals surface area contributed by atoms with Crippen LogP contribution in [0.15, 0.2) is 0 Å². The molecule has 0 aliphatic carbocycles. The summed E-state index contributed by atoms with van der Waals surface area (Å²) in [6.07, 6.45) is 5.04. The number of carbonyl (C=O) groups excluding carboxylic acids is 1. The lowest BCUT2D eigenvalue weighted by atomic mass is 9.94. The van der Waals surface area contributed by atoms with Crippen molar-refractivity contribution in [3.05, 3.63) is 0 Å². The van der Waals surface area contributed by atoms with Gasteiger partial charge in [0.25, 0.3) is 0 Å². The van der Waals surface area contributed by atoms with E-state index in [1.165, 1.54) is 12.8 Å². The van der Waals surface area contributed by atoms with Crippen LogP contribution < -0.4 is 11.1 Å². The van der Waals surface area contributed by atoms with Gasteiger partial charge in [0.15, 0.2) is 0 Å². The van der Waals surface area contributed by atoms with E-state index in [0.29, 0.717) is 24.2 Å². The number of nitrogens with one attached hydrogen (secondary N) is 1. The fourth-order valence-corrected chi connectivity index (χ4v) is 2.01. The van der Waals surface area contributed by atoms with E-state index in [2.05, 4.69) is 33.0 Å². The van der Waals surface area contributed by atoms with E-state index in [1.807, 2.05) is 0 Å². The zero-order valence-corrected chi connectivity index (χ0v) is 12.7. The Bertz CT molecular complexity index is 211. The SMILES string of the molecule is CCCC(CCN)CCC(=O)NCC(C)C(C)C. The number of hydrogen-bond acceptors (Lipinski definition) is 2. The van der Waals surface area contributed by atoms with Crippen molar-refractivity contribution in [2.45, 2.75) is 59.8 Å². The first kappa shape index (κ1) is 17.4. The second-order valence-electron chi connectivity index (χ2n) is 5.80. The van der Waals surface area contributed by atoms with E-state index in [0.717, 1.165) is 25.9 Å². The minimum atomic E-state index is 0.195. The lowest BCUT2D eigenvalue weighted by Gasteiger charge is -2.17. The molecule has 3 nitrogen and oxygen atoms in total. The van der Waals surface area contributed by atoms with Crippen LogP contribution in [0.2, 0.25) is 0 Å². The highest BCUT2D eigenvalue weighted by atomic mass is 16.1. The summed E-state index contributed by atoms with van der Waals surface area (Å²) in [5.41, 5.74) is 5.60. The Balaban J connectivity index is 3.79. The van der Waals surface area contributed by atoms with Gasteiger partial charge >= 0.3 is 0 Å². The molecule has 0 saturated carbocycles. The van der Waals surface area contributed by atoms with Crippen LogP contribution in [0.4, 0.5) is 0 Å². The predicted molar refractivity (Wildman–Crippen MR) is 78.3 cm³/mol. The first-order valence-electron chi connectivity index (χ1n) is 7.47. The summed E-state index contributed by atoms with van der Waals surface area (Å²) in [5, 5.41) is 3.03. The van der Waals surface area contributed by atoms with Crippen LogP contribution in [0, 0.1) is 17.8 Å². The summed E-state index contributed by atoms with van der Waals surface area (Å²) in [6, 6.07) is 0. The Labute approximate surface area is 113 Å². The molecule has 18 heavy (non-hydrogen) atoms. The zero-order chi connectivity index (χ0) is 14.0. The van der Waals surface area contributed by atoms with Gasteiger partial charge in [-0.15, -0.1) is 0 Å². The third-order valence-electron chi connectivity index (χ3n) is 3.81. The molecule has 2 atom stereocenters. The molecule has 1 amide bonds. The van der Waals surface area contributed by atoms with Gasteiger partial charge in [0.1, 0.15) is 0 Å². The highest BCUT2D eigenvalue weighted by Gasteiger charge is 2.12. The van der Waals surface area contributed by atoms with Crippen LogP contribution in [0.3, 0.4) is 0 Å². The number of nitrogens with two attached hydrogens (primary N) is 1. The summed E-state index contributed by atoms with van der Waals surface area (Å²) in [5.74, 6) is 1.98. The second kappa shape index (κ2) is 10.4. The van der Waals surface area contributed by atoms with Gasteiger partial charge in [-0.3, -0.25) is 4.79 Å². The Morgan fingerprint density at radius 3 is 2.33 bits per heavy atom. The molecule has 108 valence electrons. The summed E-state index contributed by atoms with van der Waals surface area (Å²) >= 11 is 0. The van der Waals surface area contributed by atoms with E-state index < -0.39 is 0 Å². The quantitative estimate of drug-likeness (QED) is 0.631. The monoisotopic (exact) mass is 256 g/mol. The van der Waals surface area contributed by atoms with Crippen molar-refractivity contribution in [2.75, 3.05) is 13.1 Å². The molecule has 2 unspecified atom stereocenters. The number of amides is 1. The predicted octanol–water partition coefficient (Wildman–Crippen LogP) is 2.94. The maximum Gasteiger partial charge on any atom is 0.220 e. The van der Waals surface area contributed by atoms with Crippen molar-refractivity contribution in [3.8, 4) is 0 Å². The van der Waals surface area contributed by atoms with Gasteiger partial charge in [0.05, 0.1) is 0 Å². The van der Waals surface area contributed by atoms with Crippen molar-refractivity contribution >= 4 is 5.91 Å². The van der Waals surface area contributed by atoms with Gasteiger partial charge in [0, 0.05) is 13.0 Å². The van der Waals surface area contributed by atoms with Crippen molar-refractivity contribution in [2.24, 2.45) is 23.5 Å². The van der Waals surface area contributed by atoms with E-state index in [9.17, 15) is 4.79 Å². The molecule has 0 rings (SSSR count). The van der Waals surface area contributed by atoms with Crippen molar-refractivity contribution in [1.29, 1.82) is 0 Å². The second-order valence-corrected chi connectivity index (χ2v) is 5.80. The largest absolute Gasteiger partial charge is 0.356 e. The standard InChI is InChI=1S/C15H32N2O/c1-5-6-14(9-10-16)7-8-15(18)17-11-13(4)12(2)3/h12-14H,5-11,16H2,1-4H3,(H,17,18). The van der Waals surface area contributed by atoms with E-state index >= 15 is 0 Å². The average molecular weight is 256 g/mol. The third kappa shape index (κ3) is 8.51. The molecule has 0 aliphatic rings. The maximum absolute atomic E-state index is 11.7. The van der Waals surface area contributed by atoms with Crippen LogP contribution in [-0.2, 0) is 4.79 Å². The van der Waals surface area contributed by atoms with Crippen LogP contribution >= 0.6 is 0 Å². The molecule has 0 fully saturated rings. The molecule has 0 saturated heterocycles. The molecule has 0 bridgehead atoms. The van der Waals surface area contributed by atoms with E-state index in [4.69, 9.17) is 5.73 Å². The maximum atomic E-state index is 11.7. The van der Waals surface area contributed by atoms with E-state index in [1.54, 1.807) is 0 Å². The van der Waals surface area contributed by atoms with Crippen LogP contribution in [0.1, 0.15) is 59.8 Å². The lowest BCUT2D eigenvalue weighted by molar-refractivity contribution is -0.121. The summed E-state index contributed by atoms with van der Waals surface area (Å²) in [6.45, 7) is 10.3. The van der Waals surface area contributed by atoms with Crippen molar-refractivity contribution in [1.82, 2.24) is 5.32 Å². The van der Waals surface area contributed by atoms with Gasteiger partial charge in [0.2, 0.25) is 5.91 Å². The molecule has 0 heterocycles. The molecule has 0 aromatic rings. The number of rotatable bonds is 10. The minimum Gasteiger partial charge on any atom is -0.356 e. The highest BCUT2D eigenvalue weighted by Crippen LogP contribution is 2.17.